The number of esters is 1. The summed E-state index contributed by atoms with van der Waals surface area (Å²) in [4.78, 5) is 23.1. The van der Waals surface area contributed by atoms with Crippen LogP contribution < -0.4 is 4.74 Å². The van der Waals surface area contributed by atoms with Crippen LogP contribution in [0.5, 0.6) is 5.75 Å². The Morgan fingerprint density at radius 3 is 2.60 bits per heavy atom. The average Bonchev–Trinajstić information content (AvgIpc) is 2.70. The number of rotatable bonds is 3. The van der Waals surface area contributed by atoms with E-state index in [0.29, 0.717) is 5.75 Å². The second kappa shape index (κ2) is 5.07. The van der Waals surface area contributed by atoms with Gasteiger partial charge in [-0.25, -0.2) is 0 Å². The molecule has 0 saturated heterocycles. The van der Waals surface area contributed by atoms with Gasteiger partial charge in [-0.2, -0.15) is 5.10 Å². The third-order valence-electron chi connectivity index (χ3n) is 2.81. The van der Waals surface area contributed by atoms with Crippen molar-refractivity contribution in [2.75, 3.05) is 0 Å². The molecule has 5 nitrogen and oxygen atoms in total. The minimum Gasteiger partial charge on any atom is -0.426 e. The Balaban J connectivity index is 2.32. The maximum Gasteiger partial charge on any atom is 0.316 e. The molecule has 1 heterocycles. The number of carbonyl (C=O) groups excluding carboxylic acids is 2. The van der Waals surface area contributed by atoms with Crippen LogP contribution in [0.15, 0.2) is 24.4 Å². The molecule has 2 rings (SSSR count). The molecule has 0 radical (unpaired) electrons. The van der Waals surface area contributed by atoms with Crippen LogP contribution in [0, 0.1) is 5.41 Å². The molecule has 0 spiro atoms. The van der Waals surface area contributed by atoms with E-state index in [9.17, 15) is 9.59 Å². The summed E-state index contributed by atoms with van der Waals surface area (Å²) >= 11 is 0. The number of fused-ring (bicyclic) bond motifs is 1. The van der Waals surface area contributed by atoms with Crippen molar-refractivity contribution in [2.45, 2.75) is 34.2 Å². The maximum absolute atomic E-state index is 11.9. The Morgan fingerprint density at radius 1 is 1.30 bits per heavy atom. The third-order valence-corrected chi connectivity index (χ3v) is 2.81. The van der Waals surface area contributed by atoms with Crippen LogP contribution in [0.3, 0.4) is 0 Å². The molecule has 0 amide bonds. The van der Waals surface area contributed by atoms with E-state index in [1.165, 1.54) is 6.92 Å². The molecule has 0 aliphatic heterocycles. The Kier molecular flexibility index (Phi) is 3.61. The standard InChI is InChI=1S/C15H18N2O3/c1-10(18)9-17-13-7-12(6-5-11(13)8-16-17)20-14(19)15(2,3)4/h5-8H,9H2,1-4H3. The van der Waals surface area contributed by atoms with E-state index < -0.39 is 5.41 Å². The zero-order valence-electron chi connectivity index (χ0n) is 12.1. The van der Waals surface area contributed by atoms with Crippen LogP contribution in [-0.4, -0.2) is 21.5 Å². The van der Waals surface area contributed by atoms with E-state index in [0.717, 1.165) is 10.9 Å². The van der Waals surface area contributed by atoms with E-state index in [2.05, 4.69) is 5.10 Å². The summed E-state index contributed by atoms with van der Waals surface area (Å²) in [5, 5.41) is 5.06. The normalized spacial score (nSPS) is 11.6. The largest absolute Gasteiger partial charge is 0.426 e. The van der Waals surface area contributed by atoms with Gasteiger partial charge in [0.25, 0.3) is 0 Å². The number of ketones is 1. The maximum atomic E-state index is 11.9. The molecule has 20 heavy (non-hydrogen) atoms. The average molecular weight is 274 g/mol. The number of nitrogens with zero attached hydrogens (tertiary/aromatic N) is 2. The van der Waals surface area contributed by atoms with Crippen LogP contribution in [0.4, 0.5) is 0 Å². The first kappa shape index (κ1) is 14.2. The number of benzene rings is 1. The molecule has 0 aliphatic carbocycles. The van der Waals surface area contributed by atoms with Gasteiger partial charge in [0.1, 0.15) is 5.75 Å². The molecular formula is C15H18N2O3. The number of ether oxygens (including phenoxy) is 1. The highest BCUT2D eigenvalue weighted by molar-refractivity contribution is 5.84. The molecule has 0 N–H and O–H groups in total. The number of carbonyl (C=O) groups is 2. The summed E-state index contributed by atoms with van der Waals surface area (Å²) in [6.07, 6.45) is 1.69. The molecule has 1 aromatic carbocycles. The summed E-state index contributed by atoms with van der Waals surface area (Å²) in [6.45, 7) is 7.12. The van der Waals surface area contributed by atoms with Gasteiger partial charge in [-0.1, -0.05) is 0 Å². The molecule has 0 unspecified atom stereocenters. The molecule has 1 aromatic heterocycles. The van der Waals surface area contributed by atoms with Gasteiger partial charge < -0.3 is 4.74 Å². The summed E-state index contributed by atoms with van der Waals surface area (Å²) in [5.74, 6) is 0.185. The molecule has 0 bridgehead atoms. The van der Waals surface area contributed by atoms with Crippen molar-refractivity contribution in [2.24, 2.45) is 5.41 Å². The summed E-state index contributed by atoms with van der Waals surface area (Å²) in [6, 6.07) is 5.28. The quantitative estimate of drug-likeness (QED) is 0.637. The fraction of sp³-hybridized carbons (Fsp3) is 0.400. The minimum absolute atomic E-state index is 0.0205. The predicted octanol–water partition coefficient (Wildman–Crippen LogP) is 2.58. The second-order valence-corrected chi connectivity index (χ2v) is 5.86. The Labute approximate surface area is 117 Å². The smallest absolute Gasteiger partial charge is 0.316 e. The van der Waals surface area contributed by atoms with Gasteiger partial charge in [0.2, 0.25) is 0 Å². The summed E-state index contributed by atoms with van der Waals surface area (Å²) < 4.78 is 6.95. The second-order valence-electron chi connectivity index (χ2n) is 5.86. The predicted molar refractivity (Wildman–Crippen MR) is 75.5 cm³/mol. The van der Waals surface area contributed by atoms with Crippen molar-refractivity contribution in [1.82, 2.24) is 9.78 Å². The van der Waals surface area contributed by atoms with Gasteiger partial charge in [0.15, 0.2) is 5.78 Å². The van der Waals surface area contributed by atoms with E-state index >= 15 is 0 Å². The molecule has 0 atom stereocenters. The molecule has 0 aliphatic rings. The minimum atomic E-state index is -0.561. The van der Waals surface area contributed by atoms with Crippen molar-refractivity contribution in [3.05, 3.63) is 24.4 Å². The zero-order valence-corrected chi connectivity index (χ0v) is 12.1. The third kappa shape index (κ3) is 3.04. The first-order valence-electron chi connectivity index (χ1n) is 6.44. The van der Waals surface area contributed by atoms with Crippen molar-refractivity contribution < 1.29 is 14.3 Å². The van der Waals surface area contributed by atoms with Gasteiger partial charge in [0, 0.05) is 11.5 Å². The number of aromatic nitrogens is 2. The number of hydrogen-bond donors (Lipinski definition) is 0. The Bertz CT molecular complexity index is 665. The van der Waals surface area contributed by atoms with E-state index in [1.54, 1.807) is 43.8 Å². The number of hydrogen-bond acceptors (Lipinski definition) is 4. The molecule has 0 fully saturated rings. The lowest BCUT2D eigenvalue weighted by molar-refractivity contribution is -0.143. The Morgan fingerprint density at radius 2 is 2.00 bits per heavy atom. The topological polar surface area (TPSA) is 61.2 Å². The first-order chi connectivity index (χ1) is 9.27. The van der Waals surface area contributed by atoms with Crippen LogP contribution in [0.1, 0.15) is 27.7 Å². The SMILES string of the molecule is CC(=O)Cn1ncc2ccc(OC(=O)C(C)(C)C)cc21. The van der Waals surface area contributed by atoms with Crippen LogP contribution >= 0.6 is 0 Å². The fourth-order valence-corrected chi connectivity index (χ4v) is 1.71. The summed E-state index contributed by atoms with van der Waals surface area (Å²) in [7, 11) is 0. The zero-order chi connectivity index (χ0) is 14.9. The molecular weight excluding hydrogens is 256 g/mol. The lowest BCUT2D eigenvalue weighted by Crippen LogP contribution is -2.25. The molecule has 0 saturated carbocycles. The van der Waals surface area contributed by atoms with Crippen LogP contribution in [-0.2, 0) is 16.1 Å². The highest BCUT2D eigenvalue weighted by Crippen LogP contribution is 2.23. The van der Waals surface area contributed by atoms with Crippen molar-refractivity contribution in [1.29, 1.82) is 0 Å². The van der Waals surface area contributed by atoms with Gasteiger partial charge in [-0.15, -0.1) is 0 Å². The molecule has 106 valence electrons. The van der Waals surface area contributed by atoms with Crippen LogP contribution in [0.2, 0.25) is 0 Å². The van der Waals surface area contributed by atoms with Crippen molar-refractivity contribution >= 4 is 22.7 Å². The lowest BCUT2D eigenvalue weighted by Gasteiger charge is -2.16. The van der Waals surface area contributed by atoms with Crippen LogP contribution in [0.25, 0.3) is 10.9 Å². The van der Waals surface area contributed by atoms with E-state index in [1.807, 2.05) is 6.07 Å². The Hall–Kier alpha value is -2.17. The fourth-order valence-electron chi connectivity index (χ4n) is 1.71. The highest BCUT2D eigenvalue weighted by atomic mass is 16.5. The molecule has 2 aromatic rings. The van der Waals surface area contributed by atoms with Gasteiger partial charge in [-0.05, 0) is 39.8 Å². The first-order valence-corrected chi connectivity index (χ1v) is 6.44. The molecule has 5 heteroatoms. The highest BCUT2D eigenvalue weighted by Gasteiger charge is 2.23. The van der Waals surface area contributed by atoms with E-state index in [4.69, 9.17) is 4.74 Å². The van der Waals surface area contributed by atoms with Gasteiger partial charge in [-0.3, -0.25) is 14.3 Å². The van der Waals surface area contributed by atoms with Crippen molar-refractivity contribution in [3.8, 4) is 5.75 Å². The lowest BCUT2D eigenvalue weighted by atomic mass is 9.97. The van der Waals surface area contributed by atoms with Gasteiger partial charge in [0.05, 0.1) is 23.7 Å². The monoisotopic (exact) mass is 274 g/mol. The van der Waals surface area contributed by atoms with E-state index in [-0.39, 0.29) is 18.3 Å². The number of Topliss-reactive ketones (excluding diaryl/α,β-unsaturated/α-hetero) is 1. The summed E-state index contributed by atoms with van der Waals surface area (Å²) in [5.41, 5.74) is 0.216. The van der Waals surface area contributed by atoms with Gasteiger partial charge >= 0.3 is 5.97 Å². The van der Waals surface area contributed by atoms with Crippen molar-refractivity contribution in [3.63, 3.8) is 0 Å².